The number of hydrogen-bond acceptors (Lipinski definition) is 2. The number of anilines is 2. The molecule has 2 amide bonds. The van der Waals surface area contributed by atoms with Crippen molar-refractivity contribution in [3.63, 3.8) is 0 Å². The first-order valence-electron chi connectivity index (χ1n) is 8.90. The minimum absolute atomic E-state index is 0.287. The molecule has 2 N–H and O–H groups in total. The van der Waals surface area contributed by atoms with Gasteiger partial charge in [-0.25, -0.2) is 4.39 Å². The SMILES string of the molecule is CC1(c2ccc(NC(=O)C3(C(=O)Nc4ccc(F)cc4)CC3)cc2)CC1. The van der Waals surface area contributed by atoms with Crippen LogP contribution >= 0.6 is 0 Å². The molecule has 2 aromatic rings. The Bertz CT molecular complexity index is 851. The molecule has 2 saturated carbocycles. The number of carbonyl (C=O) groups is 2. The Morgan fingerprint density at radius 3 is 1.69 bits per heavy atom. The quantitative estimate of drug-likeness (QED) is 0.791. The van der Waals surface area contributed by atoms with Crippen LogP contribution in [0.3, 0.4) is 0 Å². The van der Waals surface area contributed by atoms with Gasteiger partial charge in [-0.15, -0.1) is 0 Å². The first-order valence-corrected chi connectivity index (χ1v) is 8.90. The Morgan fingerprint density at radius 2 is 1.27 bits per heavy atom. The smallest absolute Gasteiger partial charge is 0.240 e. The van der Waals surface area contributed by atoms with Crippen LogP contribution in [0, 0.1) is 11.2 Å². The number of carbonyl (C=O) groups excluding carboxylic acids is 2. The van der Waals surface area contributed by atoms with Gasteiger partial charge in [-0.1, -0.05) is 19.1 Å². The Hall–Kier alpha value is -2.69. The predicted molar refractivity (Wildman–Crippen MR) is 98.4 cm³/mol. The highest BCUT2D eigenvalue weighted by Gasteiger charge is 2.56. The van der Waals surface area contributed by atoms with Crippen LogP contribution in [0.1, 0.15) is 38.2 Å². The van der Waals surface area contributed by atoms with Gasteiger partial charge in [0.15, 0.2) is 0 Å². The molecule has 134 valence electrons. The topological polar surface area (TPSA) is 58.2 Å². The van der Waals surface area contributed by atoms with E-state index in [0.29, 0.717) is 24.2 Å². The standard InChI is InChI=1S/C21H21FN2O2/c1-20(10-11-20)14-2-6-16(7-3-14)23-18(25)21(12-13-21)19(26)24-17-8-4-15(22)5-9-17/h2-9H,10-13H2,1H3,(H,23,25)(H,24,26). The van der Waals surface area contributed by atoms with Gasteiger partial charge >= 0.3 is 0 Å². The van der Waals surface area contributed by atoms with Gasteiger partial charge in [0.25, 0.3) is 0 Å². The molecule has 0 heterocycles. The summed E-state index contributed by atoms with van der Waals surface area (Å²) in [7, 11) is 0. The molecule has 4 rings (SSSR count). The zero-order chi connectivity index (χ0) is 18.4. The highest BCUT2D eigenvalue weighted by molar-refractivity contribution is 6.16. The number of nitrogens with one attached hydrogen (secondary N) is 2. The molecule has 0 unspecified atom stereocenters. The summed E-state index contributed by atoms with van der Waals surface area (Å²) in [4.78, 5) is 25.2. The van der Waals surface area contributed by atoms with Crippen LogP contribution in [0.5, 0.6) is 0 Å². The maximum absolute atomic E-state index is 13.0. The van der Waals surface area contributed by atoms with E-state index in [1.807, 2.05) is 24.3 Å². The molecule has 0 spiro atoms. The molecule has 2 aromatic carbocycles. The van der Waals surface area contributed by atoms with Gasteiger partial charge < -0.3 is 10.6 Å². The van der Waals surface area contributed by atoms with Crippen LogP contribution in [0.15, 0.2) is 48.5 Å². The summed E-state index contributed by atoms with van der Waals surface area (Å²) >= 11 is 0. The van der Waals surface area contributed by atoms with Gasteiger partial charge in [-0.3, -0.25) is 9.59 Å². The van der Waals surface area contributed by atoms with Crippen molar-refractivity contribution in [1.29, 1.82) is 0 Å². The second-order valence-corrected chi connectivity index (χ2v) is 7.64. The highest BCUT2D eigenvalue weighted by atomic mass is 19.1. The minimum atomic E-state index is -1.03. The Kier molecular flexibility index (Phi) is 3.83. The molecular formula is C21H21FN2O2. The van der Waals surface area contributed by atoms with Crippen LogP contribution in [0.2, 0.25) is 0 Å². The fourth-order valence-electron chi connectivity index (χ4n) is 3.15. The zero-order valence-corrected chi connectivity index (χ0v) is 14.6. The summed E-state index contributed by atoms with van der Waals surface area (Å²) in [5, 5.41) is 5.57. The van der Waals surface area contributed by atoms with Crippen LogP contribution < -0.4 is 10.6 Å². The van der Waals surface area contributed by atoms with Crippen molar-refractivity contribution >= 4 is 23.2 Å². The minimum Gasteiger partial charge on any atom is -0.325 e. The first kappa shape index (κ1) is 16.8. The van der Waals surface area contributed by atoms with Crippen molar-refractivity contribution in [1.82, 2.24) is 0 Å². The van der Waals surface area contributed by atoms with Gasteiger partial charge in [0.2, 0.25) is 11.8 Å². The van der Waals surface area contributed by atoms with E-state index >= 15 is 0 Å². The number of amides is 2. The lowest BCUT2D eigenvalue weighted by atomic mass is 9.98. The second-order valence-electron chi connectivity index (χ2n) is 7.64. The molecule has 0 aromatic heterocycles. The summed E-state index contributed by atoms with van der Waals surface area (Å²) in [5.41, 5.74) is 1.72. The Labute approximate surface area is 151 Å². The largest absolute Gasteiger partial charge is 0.325 e. The molecule has 0 atom stereocenters. The van der Waals surface area contributed by atoms with Crippen molar-refractivity contribution in [2.45, 2.75) is 38.0 Å². The third-order valence-electron chi connectivity index (χ3n) is 5.56. The normalized spacial score (nSPS) is 18.7. The first-order chi connectivity index (χ1) is 12.4. The van der Waals surface area contributed by atoms with E-state index in [1.54, 1.807) is 0 Å². The van der Waals surface area contributed by atoms with Gasteiger partial charge in [0, 0.05) is 11.4 Å². The van der Waals surface area contributed by atoms with Crippen molar-refractivity contribution in [2.24, 2.45) is 5.41 Å². The maximum Gasteiger partial charge on any atom is 0.240 e. The van der Waals surface area contributed by atoms with Gasteiger partial charge in [-0.2, -0.15) is 0 Å². The monoisotopic (exact) mass is 352 g/mol. The highest BCUT2D eigenvalue weighted by Crippen LogP contribution is 2.49. The van der Waals surface area contributed by atoms with Crippen LogP contribution in [0.25, 0.3) is 0 Å². The number of halogens is 1. The average Bonchev–Trinajstić information content (AvgIpc) is 3.54. The van der Waals surface area contributed by atoms with Crippen molar-refractivity contribution in [2.75, 3.05) is 10.6 Å². The van der Waals surface area contributed by atoms with Crippen molar-refractivity contribution in [3.05, 3.63) is 59.9 Å². The van der Waals surface area contributed by atoms with E-state index in [-0.39, 0.29) is 23.0 Å². The molecule has 2 aliphatic rings. The molecule has 4 nitrogen and oxygen atoms in total. The molecule has 0 bridgehead atoms. The van der Waals surface area contributed by atoms with E-state index in [1.165, 1.54) is 42.7 Å². The van der Waals surface area contributed by atoms with E-state index in [9.17, 15) is 14.0 Å². The summed E-state index contributed by atoms with van der Waals surface area (Å²) in [6, 6.07) is 13.4. The maximum atomic E-state index is 13.0. The van der Waals surface area contributed by atoms with E-state index in [0.717, 1.165) is 0 Å². The number of rotatable bonds is 5. The number of hydrogen-bond donors (Lipinski definition) is 2. The van der Waals surface area contributed by atoms with Crippen molar-refractivity contribution in [3.8, 4) is 0 Å². The third-order valence-corrected chi connectivity index (χ3v) is 5.56. The Morgan fingerprint density at radius 1 is 0.808 bits per heavy atom. The molecule has 0 saturated heterocycles. The lowest BCUT2D eigenvalue weighted by Crippen LogP contribution is -2.35. The van der Waals surface area contributed by atoms with Gasteiger partial charge in [0.05, 0.1) is 0 Å². The van der Waals surface area contributed by atoms with E-state index < -0.39 is 5.41 Å². The molecule has 0 radical (unpaired) electrons. The molecule has 5 heteroatoms. The molecule has 26 heavy (non-hydrogen) atoms. The zero-order valence-electron chi connectivity index (χ0n) is 14.6. The molecular weight excluding hydrogens is 331 g/mol. The molecule has 2 fully saturated rings. The summed E-state index contributed by atoms with van der Waals surface area (Å²) < 4.78 is 13.0. The fraction of sp³-hybridized carbons (Fsp3) is 0.333. The molecule has 2 aliphatic carbocycles. The summed E-state index contributed by atoms with van der Waals surface area (Å²) in [6.45, 7) is 2.24. The van der Waals surface area contributed by atoms with E-state index in [2.05, 4.69) is 17.6 Å². The summed E-state index contributed by atoms with van der Waals surface area (Å²) in [6.07, 6.45) is 3.43. The van der Waals surface area contributed by atoms with Crippen LogP contribution in [0.4, 0.5) is 15.8 Å². The fourth-order valence-corrected chi connectivity index (χ4v) is 3.15. The second kappa shape index (κ2) is 5.94. The van der Waals surface area contributed by atoms with E-state index in [4.69, 9.17) is 0 Å². The van der Waals surface area contributed by atoms with Crippen molar-refractivity contribution < 1.29 is 14.0 Å². The average molecular weight is 352 g/mol. The predicted octanol–water partition coefficient (Wildman–Crippen LogP) is 4.23. The number of benzene rings is 2. The third kappa shape index (κ3) is 3.09. The van der Waals surface area contributed by atoms with Gasteiger partial charge in [0.1, 0.15) is 11.2 Å². The molecule has 0 aliphatic heterocycles. The Balaban J connectivity index is 1.41. The summed E-state index contributed by atoms with van der Waals surface area (Å²) in [5.74, 6) is -1.00. The lowest BCUT2D eigenvalue weighted by Gasteiger charge is -2.16. The van der Waals surface area contributed by atoms with Gasteiger partial charge in [-0.05, 0) is 73.1 Å². The van der Waals surface area contributed by atoms with Crippen LogP contribution in [-0.2, 0) is 15.0 Å². The van der Waals surface area contributed by atoms with Crippen LogP contribution in [-0.4, -0.2) is 11.8 Å². The lowest BCUT2D eigenvalue weighted by molar-refractivity contribution is -0.131.